The van der Waals surface area contributed by atoms with Gasteiger partial charge >= 0.3 is 0 Å². The Morgan fingerprint density at radius 2 is 2.14 bits per heavy atom. The van der Waals surface area contributed by atoms with Gasteiger partial charge in [0, 0.05) is 22.6 Å². The third-order valence-corrected chi connectivity index (χ3v) is 3.63. The zero-order chi connectivity index (χ0) is 10.1. The second-order valence-corrected chi connectivity index (χ2v) is 5.28. The Balaban J connectivity index is 2.07. The second kappa shape index (κ2) is 3.97. The lowest BCUT2D eigenvalue weighted by atomic mass is 10.1. The molecule has 2 rings (SSSR count). The van der Waals surface area contributed by atoms with E-state index in [1.165, 1.54) is 18.5 Å². The van der Waals surface area contributed by atoms with Gasteiger partial charge in [0.15, 0.2) is 0 Å². The summed E-state index contributed by atoms with van der Waals surface area (Å²) in [4.78, 5) is 9.33. The first-order chi connectivity index (χ1) is 6.65. The van der Waals surface area contributed by atoms with Gasteiger partial charge in [-0.3, -0.25) is 0 Å². The topological polar surface area (TPSA) is 25.8 Å². The Bertz CT molecular complexity index is 314. The number of rotatable bonds is 3. The predicted molar refractivity (Wildman–Crippen MR) is 60.6 cm³/mol. The summed E-state index contributed by atoms with van der Waals surface area (Å²) in [5, 5.41) is 0. The summed E-state index contributed by atoms with van der Waals surface area (Å²) in [6, 6.07) is 2.09. The molecule has 0 saturated heterocycles. The molecule has 0 aromatic carbocycles. The summed E-state index contributed by atoms with van der Waals surface area (Å²) in [6.45, 7) is 3.98. The summed E-state index contributed by atoms with van der Waals surface area (Å²) in [5.41, 5.74) is 2.24. The highest BCUT2D eigenvalue weighted by Crippen LogP contribution is 2.37. The van der Waals surface area contributed by atoms with E-state index in [1.54, 1.807) is 0 Å². The second-order valence-electron chi connectivity index (χ2n) is 4.11. The zero-order valence-corrected chi connectivity index (χ0v) is 10.2. The molecule has 3 heteroatoms. The number of alkyl halides is 1. The van der Waals surface area contributed by atoms with E-state index in [4.69, 9.17) is 0 Å². The van der Waals surface area contributed by atoms with Crippen molar-refractivity contribution in [3.8, 4) is 0 Å². The van der Waals surface area contributed by atoms with Crippen molar-refractivity contribution in [1.82, 2.24) is 9.97 Å². The molecule has 0 amide bonds. The van der Waals surface area contributed by atoms with Crippen LogP contribution >= 0.6 is 15.9 Å². The first kappa shape index (κ1) is 10.1. The number of hydrogen-bond acceptors (Lipinski definition) is 2. The van der Waals surface area contributed by atoms with Gasteiger partial charge in [-0.1, -0.05) is 15.9 Å². The molecule has 0 bridgehead atoms. The third-order valence-electron chi connectivity index (χ3n) is 2.56. The van der Waals surface area contributed by atoms with Gasteiger partial charge in [-0.15, -0.1) is 0 Å². The molecule has 0 N–H and O–H groups in total. The predicted octanol–water partition coefficient (Wildman–Crippen LogP) is 2.81. The third kappa shape index (κ3) is 2.53. The minimum Gasteiger partial charge on any atom is -0.239 e. The van der Waals surface area contributed by atoms with E-state index >= 15 is 0 Å². The van der Waals surface area contributed by atoms with Crippen LogP contribution < -0.4 is 0 Å². The average Bonchev–Trinajstić information content (AvgIpc) is 2.82. The van der Waals surface area contributed by atoms with E-state index in [0.717, 1.165) is 23.9 Å². The highest BCUT2D eigenvalue weighted by Gasteiger charge is 2.29. The first-order valence-corrected chi connectivity index (χ1v) is 6.02. The van der Waals surface area contributed by atoms with E-state index in [1.807, 2.05) is 13.8 Å². The van der Waals surface area contributed by atoms with Crippen LogP contribution in [0.2, 0.25) is 0 Å². The summed E-state index contributed by atoms with van der Waals surface area (Å²) in [6.07, 6.45) is 3.78. The Morgan fingerprint density at radius 3 is 2.71 bits per heavy atom. The molecule has 76 valence electrons. The molecule has 1 aromatic rings. The van der Waals surface area contributed by atoms with Gasteiger partial charge in [-0.2, -0.15) is 0 Å². The molecule has 1 unspecified atom stereocenters. The van der Waals surface area contributed by atoms with Crippen molar-refractivity contribution in [2.75, 3.05) is 0 Å². The Kier molecular flexibility index (Phi) is 2.86. The van der Waals surface area contributed by atoms with E-state index in [9.17, 15) is 0 Å². The van der Waals surface area contributed by atoms with Gasteiger partial charge in [0.1, 0.15) is 5.82 Å². The maximum atomic E-state index is 4.44. The fourth-order valence-electron chi connectivity index (χ4n) is 1.72. The molecule has 1 saturated carbocycles. The molecule has 1 fully saturated rings. The molecule has 0 radical (unpaired) electrons. The average molecular weight is 255 g/mol. The van der Waals surface area contributed by atoms with E-state index in [0.29, 0.717) is 4.83 Å². The van der Waals surface area contributed by atoms with Gasteiger partial charge in [-0.05, 0) is 38.7 Å². The van der Waals surface area contributed by atoms with Crippen LogP contribution in [0.5, 0.6) is 0 Å². The molecule has 1 aliphatic rings. The highest BCUT2D eigenvalue weighted by molar-refractivity contribution is 9.09. The number of nitrogens with zero attached hydrogens (tertiary/aromatic N) is 2. The van der Waals surface area contributed by atoms with Crippen LogP contribution in [0.1, 0.15) is 30.1 Å². The van der Waals surface area contributed by atoms with E-state index in [2.05, 4.69) is 32.0 Å². The molecule has 1 heterocycles. The van der Waals surface area contributed by atoms with Gasteiger partial charge in [0.05, 0.1) is 0 Å². The van der Waals surface area contributed by atoms with Gasteiger partial charge in [0.2, 0.25) is 0 Å². The summed E-state index contributed by atoms with van der Waals surface area (Å²) >= 11 is 3.73. The van der Waals surface area contributed by atoms with Crippen molar-refractivity contribution in [2.45, 2.75) is 37.9 Å². The normalized spacial score (nSPS) is 18.2. The summed E-state index contributed by atoms with van der Waals surface area (Å²) in [5.74, 6) is 1.76. The SMILES string of the molecule is Cc1cc(CC(Br)C2CC2)nc(C)n1. The van der Waals surface area contributed by atoms with Crippen molar-refractivity contribution in [1.29, 1.82) is 0 Å². The fourth-order valence-corrected chi connectivity index (χ4v) is 2.58. The lowest BCUT2D eigenvalue weighted by Gasteiger charge is -2.08. The van der Waals surface area contributed by atoms with Crippen LogP contribution in [0.25, 0.3) is 0 Å². The molecular formula is C11H15BrN2. The smallest absolute Gasteiger partial charge is 0.125 e. The quantitative estimate of drug-likeness (QED) is 0.776. The number of hydrogen-bond donors (Lipinski definition) is 0. The Hall–Kier alpha value is -0.440. The summed E-state index contributed by atoms with van der Waals surface area (Å²) < 4.78 is 0. The van der Waals surface area contributed by atoms with Crippen LogP contribution in [0.15, 0.2) is 6.07 Å². The summed E-state index contributed by atoms with van der Waals surface area (Å²) in [7, 11) is 0. The van der Waals surface area contributed by atoms with Crippen LogP contribution in [-0.4, -0.2) is 14.8 Å². The largest absolute Gasteiger partial charge is 0.239 e. The van der Waals surface area contributed by atoms with Crippen LogP contribution in [0.3, 0.4) is 0 Å². The van der Waals surface area contributed by atoms with E-state index in [-0.39, 0.29) is 0 Å². The van der Waals surface area contributed by atoms with Crippen molar-refractivity contribution in [3.63, 3.8) is 0 Å². The fraction of sp³-hybridized carbons (Fsp3) is 0.636. The lowest BCUT2D eigenvalue weighted by molar-refractivity contribution is 0.738. The van der Waals surface area contributed by atoms with Crippen molar-refractivity contribution >= 4 is 15.9 Å². The molecule has 0 spiro atoms. The lowest BCUT2D eigenvalue weighted by Crippen LogP contribution is -2.08. The van der Waals surface area contributed by atoms with Crippen LogP contribution in [-0.2, 0) is 6.42 Å². The zero-order valence-electron chi connectivity index (χ0n) is 8.63. The van der Waals surface area contributed by atoms with Gasteiger partial charge < -0.3 is 0 Å². The highest BCUT2D eigenvalue weighted by atomic mass is 79.9. The number of aromatic nitrogens is 2. The van der Waals surface area contributed by atoms with Crippen LogP contribution in [0.4, 0.5) is 0 Å². The van der Waals surface area contributed by atoms with Gasteiger partial charge in [-0.25, -0.2) is 9.97 Å². The Labute approximate surface area is 93.3 Å². The molecule has 1 aliphatic carbocycles. The van der Waals surface area contributed by atoms with Crippen LogP contribution in [0, 0.1) is 19.8 Å². The van der Waals surface area contributed by atoms with Crippen molar-refractivity contribution < 1.29 is 0 Å². The standard InChI is InChI=1S/C11H15BrN2/c1-7-5-10(14-8(2)13-7)6-11(12)9-3-4-9/h5,9,11H,3-4,6H2,1-2H3. The number of aryl methyl sites for hydroxylation is 2. The maximum Gasteiger partial charge on any atom is 0.125 e. The monoisotopic (exact) mass is 254 g/mol. The Morgan fingerprint density at radius 1 is 1.43 bits per heavy atom. The van der Waals surface area contributed by atoms with Crippen molar-refractivity contribution in [3.05, 3.63) is 23.3 Å². The van der Waals surface area contributed by atoms with E-state index < -0.39 is 0 Å². The van der Waals surface area contributed by atoms with Gasteiger partial charge in [0.25, 0.3) is 0 Å². The first-order valence-electron chi connectivity index (χ1n) is 5.10. The minimum absolute atomic E-state index is 0.608. The molecule has 2 nitrogen and oxygen atoms in total. The molecule has 0 aliphatic heterocycles. The van der Waals surface area contributed by atoms with Crippen molar-refractivity contribution in [2.24, 2.45) is 5.92 Å². The number of halogens is 1. The molecular weight excluding hydrogens is 240 g/mol. The minimum atomic E-state index is 0.608. The maximum absolute atomic E-state index is 4.44. The molecule has 1 atom stereocenters. The molecule has 14 heavy (non-hydrogen) atoms. The molecule has 1 aromatic heterocycles.